The molecule has 2 spiro atoms. The van der Waals surface area contributed by atoms with Gasteiger partial charge in [-0.05, 0) is 113 Å². The molecule has 1 aliphatic heterocycles. The molecule has 0 aromatic heterocycles. The summed E-state index contributed by atoms with van der Waals surface area (Å²) in [6.45, 7) is 0. The standard InChI is InChI=1S/C70H43NO/c1-2-17-44(18-3-1)45-33-37-48(38-34-45)71(49-39-40-55-54-25-10-14-29-59(54)69(64(55)43-49)57-27-12-8-23-52(57)53-24-9-13-28-58(53)69)65-32-16-31-61-66(65)56-26-11-15-30-60(56)70(61)62-41-35-46-19-4-6-21-50(46)67(62)72-68-51-22-7-5-20-47(51)36-42-63(68)70/h1-43H. The molecular formula is C70H43NO. The minimum Gasteiger partial charge on any atom is -0.455 e. The third-order valence-electron chi connectivity index (χ3n) is 16.5. The van der Waals surface area contributed by atoms with E-state index in [1.807, 2.05) is 0 Å². The Kier molecular flexibility index (Phi) is 8.05. The molecule has 0 fully saturated rings. The Morgan fingerprint density at radius 1 is 0.278 bits per heavy atom. The lowest BCUT2D eigenvalue weighted by molar-refractivity contribution is 0.447. The van der Waals surface area contributed by atoms with Crippen LogP contribution in [0.25, 0.3) is 66.1 Å². The van der Waals surface area contributed by atoms with Crippen LogP contribution >= 0.6 is 0 Å². The van der Waals surface area contributed by atoms with E-state index >= 15 is 0 Å². The van der Waals surface area contributed by atoms with Gasteiger partial charge in [-0.1, -0.05) is 231 Å². The zero-order chi connectivity index (χ0) is 47.1. The summed E-state index contributed by atoms with van der Waals surface area (Å²) in [7, 11) is 0. The Balaban J connectivity index is 0.997. The van der Waals surface area contributed by atoms with E-state index in [-0.39, 0.29) is 0 Å². The fourth-order valence-corrected chi connectivity index (χ4v) is 13.7. The van der Waals surface area contributed by atoms with E-state index in [1.165, 1.54) is 77.9 Å². The van der Waals surface area contributed by atoms with Gasteiger partial charge < -0.3 is 9.64 Å². The second-order valence-corrected chi connectivity index (χ2v) is 19.8. The minimum absolute atomic E-state index is 0.492. The Labute approximate surface area is 418 Å². The number of rotatable bonds is 4. The molecule has 2 heteroatoms. The van der Waals surface area contributed by atoms with Crippen LogP contribution in [0.4, 0.5) is 17.1 Å². The summed E-state index contributed by atoms with van der Waals surface area (Å²) in [4.78, 5) is 2.54. The van der Waals surface area contributed by atoms with E-state index in [0.717, 1.165) is 61.2 Å². The van der Waals surface area contributed by atoms with Crippen molar-refractivity contribution in [3.8, 4) is 56.0 Å². The van der Waals surface area contributed by atoms with Crippen molar-refractivity contribution in [1.82, 2.24) is 0 Å². The molecule has 3 aliphatic carbocycles. The third-order valence-corrected chi connectivity index (χ3v) is 16.5. The molecule has 4 aliphatic rings. The summed E-state index contributed by atoms with van der Waals surface area (Å²) in [6, 6.07) is 97.2. The Bertz CT molecular complexity index is 4110. The summed E-state index contributed by atoms with van der Waals surface area (Å²) in [5.74, 6) is 1.83. The molecule has 0 radical (unpaired) electrons. The largest absolute Gasteiger partial charge is 0.455 e. The minimum atomic E-state index is -0.692. The monoisotopic (exact) mass is 913 g/mol. The maximum absolute atomic E-state index is 7.34. The van der Waals surface area contributed by atoms with Gasteiger partial charge in [0.25, 0.3) is 0 Å². The van der Waals surface area contributed by atoms with Gasteiger partial charge in [0.2, 0.25) is 0 Å². The van der Waals surface area contributed by atoms with Crippen molar-refractivity contribution in [2.24, 2.45) is 0 Å². The summed E-state index contributed by atoms with van der Waals surface area (Å²) in [5, 5.41) is 4.53. The maximum atomic E-state index is 7.34. The molecule has 1 heterocycles. The number of anilines is 3. The highest BCUT2D eigenvalue weighted by atomic mass is 16.5. The first-order chi connectivity index (χ1) is 35.7. The smallest absolute Gasteiger partial charge is 0.140 e. The quantitative estimate of drug-likeness (QED) is 0.174. The van der Waals surface area contributed by atoms with E-state index < -0.39 is 10.8 Å². The van der Waals surface area contributed by atoms with Crippen LogP contribution in [-0.2, 0) is 10.8 Å². The molecular weight excluding hydrogens is 871 g/mol. The fraction of sp³-hybridized carbons (Fsp3) is 0.0286. The highest BCUT2D eigenvalue weighted by molar-refractivity contribution is 6.04. The van der Waals surface area contributed by atoms with Crippen LogP contribution in [0.2, 0.25) is 0 Å². The first-order valence-electron chi connectivity index (χ1n) is 25.1. The molecule has 0 atom stereocenters. The topological polar surface area (TPSA) is 12.5 Å². The van der Waals surface area contributed by atoms with Gasteiger partial charge in [0.05, 0.1) is 16.5 Å². The molecule has 0 bridgehead atoms. The van der Waals surface area contributed by atoms with Crippen LogP contribution < -0.4 is 9.64 Å². The van der Waals surface area contributed by atoms with Crippen LogP contribution in [0.3, 0.4) is 0 Å². The van der Waals surface area contributed by atoms with Gasteiger partial charge in [0, 0.05) is 38.8 Å². The van der Waals surface area contributed by atoms with Gasteiger partial charge in [0.15, 0.2) is 0 Å². The normalized spacial score (nSPS) is 14.2. The van der Waals surface area contributed by atoms with Gasteiger partial charge in [-0.15, -0.1) is 0 Å². The molecule has 12 aromatic carbocycles. The van der Waals surface area contributed by atoms with Crippen molar-refractivity contribution >= 4 is 38.6 Å². The number of hydrogen-bond acceptors (Lipinski definition) is 2. The van der Waals surface area contributed by atoms with E-state index in [1.54, 1.807) is 0 Å². The summed E-state index contributed by atoms with van der Waals surface area (Å²) in [5.41, 5.74) is 22.2. The predicted molar refractivity (Wildman–Crippen MR) is 295 cm³/mol. The molecule has 72 heavy (non-hydrogen) atoms. The van der Waals surface area contributed by atoms with Crippen LogP contribution in [0.5, 0.6) is 11.5 Å². The molecule has 16 rings (SSSR count). The highest BCUT2D eigenvalue weighted by Crippen LogP contribution is 2.67. The van der Waals surface area contributed by atoms with Crippen molar-refractivity contribution in [1.29, 1.82) is 0 Å². The van der Waals surface area contributed by atoms with E-state index in [0.29, 0.717) is 0 Å². The van der Waals surface area contributed by atoms with Crippen molar-refractivity contribution in [2.75, 3.05) is 4.90 Å². The SMILES string of the molecule is c1ccc(-c2ccc(N(c3ccc4c(c3)C3(c5ccccc5-c5ccccc53)c3ccccc3-4)c3cccc4c3-c3ccccc3C43c4ccc5ccccc5c4Oc4c3ccc3ccccc43)cc2)cc1. The van der Waals surface area contributed by atoms with E-state index in [9.17, 15) is 0 Å². The number of hydrogen-bond donors (Lipinski definition) is 0. The van der Waals surface area contributed by atoms with E-state index in [2.05, 4.69) is 266 Å². The fourth-order valence-electron chi connectivity index (χ4n) is 13.7. The Morgan fingerprint density at radius 3 is 1.32 bits per heavy atom. The Hall–Kier alpha value is -9.24. The van der Waals surface area contributed by atoms with Crippen LogP contribution in [0.15, 0.2) is 261 Å². The zero-order valence-electron chi connectivity index (χ0n) is 39.2. The van der Waals surface area contributed by atoms with Crippen LogP contribution in [0.1, 0.15) is 44.5 Å². The lowest BCUT2D eigenvalue weighted by Gasteiger charge is -2.40. The third kappa shape index (κ3) is 5.03. The predicted octanol–water partition coefficient (Wildman–Crippen LogP) is 17.9. The van der Waals surface area contributed by atoms with E-state index in [4.69, 9.17) is 4.74 Å². The molecule has 0 saturated carbocycles. The van der Waals surface area contributed by atoms with Crippen molar-refractivity contribution in [3.05, 3.63) is 305 Å². The molecule has 0 N–H and O–H groups in total. The second-order valence-electron chi connectivity index (χ2n) is 19.8. The summed E-state index contributed by atoms with van der Waals surface area (Å²) in [6.07, 6.45) is 0. The van der Waals surface area contributed by atoms with Crippen molar-refractivity contribution in [2.45, 2.75) is 10.8 Å². The first kappa shape index (κ1) is 39.6. The maximum Gasteiger partial charge on any atom is 0.140 e. The molecule has 0 amide bonds. The molecule has 12 aromatic rings. The van der Waals surface area contributed by atoms with Crippen LogP contribution in [-0.4, -0.2) is 0 Å². The van der Waals surface area contributed by atoms with Crippen molar-refractivity contribution in [3.63, 3.8) is 0 Å². The summed E-state index contributed by atoms with van der Waals surface area (Å²) < 4.78 is 7.34. The zero-order valence-corrected chi connectivity index (χ0v) is 39.2. The average Bonchev–Trinajstić information content (AvgIpc) is 4.04. The van der Waals surface area contributed by atoms with Gasteiger partial charge in [0.1, 0.15) is 11.5 Å². The van der Waals surface area contributed by atoms with Gasteiger partial charge in [-0.3, -0.25) is 0 Å². The number of benzene rings is 12. The number of fused-ring (bicyclic) bond motifs is 23. The first-order valence-corrected chi connectivity index (χ1v) is 25.1. The van der Waals surface area contributed by atoms with Crippen LogP contribution in [0, 0.1) is 0 Å². The Morgan fingerprint density at radius 2 is 0.722 bits per heavy atom. The number of nitrogens with zero attached hydrogens (tertiary/aromatic N) is 1. The second kappa shape index (κ2) is 14.6. The highest BCUT2D eigenvalue weighted by Gasteiger charge is 2.54. The number of ether oxygens (including phenoxy) is 1. The summed E-state index contributed by atoms with van der Waals surface area (Å²) >= 11 is 0. The van der Waals surface area contributed by atoms with Gasteiger partial charge >= 0.3 is 0 Å². The lowest BCUT2D eigenvalue weighted by Crippen LogP contribution is -2.32. The van der Waals surface area contributed by atoms with Crippen molar-refractivity contribution < 1.29 is 4.74 Å². The van der Waals surface area contributed by atoms with Gasteiger partial charge in [-0.25, -0.2) is 0 Å². The molecule has 0 saturated heterocycles. The average molecular weight is 914 g/mol. The lowest BCUT2D eigenvalue weighted by atomic mass is 9.65. The molecule has 2 nitrogen and oxygen atoms in total. The molecule has 0 unspecified atom stereocenters. The molecule has 334 valence electrons. The van der Waals surface area contributed by atoms with Gasteiger partial charge in [-0.2, -0.15) is 0 Å².